The molecule has 0 spiro atoms. The third-order valence-electron chi connectivity index (χ3n) is 2.99. The maximum atomic E-state index is 12.3. The van der Waals surface area contributed by atoms with Crippen molar-refractivity contribution in [2.75, 3.05) is 0 Å². The van der Waals surface area contributed by atoms with Crippen molar-refractivity contribution < 1.29 is 22.5 Å². The van der Waals surface area contributed by atoms with Crippen LogP contribution in [0.3, 0.4) is 0 Å². The van der Waals surface area contributed by atoms with Gasteiger partial charge in [-0.25, -0.2) is 4.79 Å². The van der Waals surface area contributed by atoms with Gasteiger partial charge in [0.25, 0.3) is 5.82 Å². The summed E-state index contributed by atoms with van der Waals surface area (Å²) in [6.07, 6.45) is 2.93. The summed E-state index contributed by atoms with van der Waals surface area (Å²) in [6, 6.07) is -0.415. The zero-order valence-electron chi connectivity index (χ0n) is 11.1. The molecular formula is C12H15F3N4O2. The summed E-state index contributed by atoms with van der Waals surface area (Å²) in [4.78, 5) is 14.8. The third kappa shape index (κ3) is 4.76. The van der Waals surface area contributed by atoms with Crippen LogP contribution in [0.4, 0.5) is 18.0 Å². The molecule has 0 unspecified atom stereocenters. The molecule has 0 saturated carbocycles. The molecule has 1 aromatic heterocycles. The second kappa shape index (κ2) is 6.59. The van der Waals surface area contributed by atoms with Gasteiger partial charge in [0.1, 0.15) is 0 Å². The number of amides is 2. The van der Waals surface area contributed by atoms with Gasteiger partial charge in [-0.15, -0.1) is 0 Å². The van der Waals surface area contributed by atoms with E-state index in [1.54, 1.807) is 0 Å². The number of halogens is 3. The Bertz CT molecular complexity index is 503. The van der Waals surface area contributed by atoms with Crippen molar-refractivity contribution in [3.63, 3.8) is 0 Å². The summed E-state index contributed by atoms with van der Waals surface area (Å²) in [5.74, 6) is -1.64. The van der Waals surface area contributed by atoms with E-state index in [4.69, 9.17) is 0 Å². The Balaban J connectivity index is 1.77. The lowest BCUT2D eigenvalue weighted by molar-refractivity contribution is -0.146. The maximum absolute atomic E-state index is 12.3. The van der Waals surface area contributed by atoms with Gasteiger partial charge in [0.15, 0.2) is 0 Å². The largest absolute Gasteiger partial charge is 0.455 e. The van der Waals surface area contributed by atoms with Gasteiger partial charge >= 0.3 is 12.2 Å². The molecule has 2 amide bonds. The number of carbonyl (C=O) groups excluding carboxylic acids is 1. The molecule has 9 heteroatoms. The number of nitrogens with one attached hydrogen (secondary N) is 2. The van der Waals surface area contributed by atoms with Crippen LogP contribution in [0.1, 0.15) is 37.4 Å². The van der Waals surface area contributed by atoms with Crippen LogP contribution < -0.4 is 10.6 Å². The first-order valence-corrected chi connectivity index (χ1v) is 6.54. The number of hydrogen-bond donors (Lipinski definition) is 2. The summed E-state index contributed by atoms with van der Waals surface area (Å²) >= 11 is 0. The van der Waals surface area contributed by atoms with Crippen LogP contribution in [-0.4, -0.2) is 22.2 Å². The van der Waals surface area contributed by atoms with Crippen LogP contribution in [0.15, 0.2) is 16.7 Å². The maximum Gasteiger partial charge on any atom is 0.455 e. The van der Waals surface area contributed by atoms with Gasteiger partial charge < -0.3 is 15.2 Å². The van der Waals surface area contributed by atoms with Crippen LogP contribution in [0.2, 0.25) is 0 Å². The molecule has 1 aliphatic rings. The van der Waals surface area contributed by atoms with Crippen LogP contribution in [0, 0.1) is 0 Å². The summed E-state index contributed by atoms with van der Waals surface area (Å²) in [6.45, 7) is -0.250. The molecular weight excluding hydrogens is 289 g/mol. The Morgan fingerprint density at radius 2 is 2.00 bits per heavy atom. The van der Waals surface area contributed by atoms with Crippen molar-refractivity contribution in [1.82, 2.24) is 20.8 Å². The van der Waals surface area contributed by atoms with Crippen molar-refractivity contribution in [2.45, 2.75) is 44.4 Å². The highest BCUT2D eigenvalue weighted by molar-refractivity contribution is 5.74. The Labute approximate surface area is 118 Å². The second-order valence-electron chi connectivity index (χ2n) is 4.66. The SMILES string of the molecule is O=C(NCc1nc(C(F)(F)F)no1)NC1CCC=CCC1. The van der Waals surface area contributed by atoms with E-state index in [0.29, 0.717) is 0 Å². The normalized spacial score (nSPS) is 16.5. The topological polar surface area (TPSA) is 80.1 Å². The molecule has 0 aliphatic heterocycles. The van der Waals surface area contributed by atoms with Gasteiger partial charge in [0, 0.05) is 6.04 Å². The van der Waals surface area contributed by atoms with E-state index >= 15 is 0 Å². The minimum atomic E-state index is -4.66. The fourth-order valence-electron chi connectivity index (χ4n) is 1.95. The molecule has 116 valence electrons. The van der Waals surface area contributed by atoms with Crippen molar-refractivity contribution in [3.8, 4) is 0 Å². The molecule has 2 rings (SSSR count). The quantitative estimate of drug-likeness (QED) is 0.840. The number of alkyl halides is 3. The van der Waals surface area contributed by atoms with Crippen LogP contribution >= 0.6 is 0 Å². The molecule has 6 nitrogen and oxygen atoms in total. The minimum absolute atomic E-state index is 0.0495. The van der Waals surface area contributed by atoms with E-state index in [0.717, 1.165) is 25.7 Å². The Hall–Kier alpha value is -2.06. The van der Waals surface area contributed by atoms with Gasteiger partial charge in [-0.2, -0.15) is 18.2 Å². The molecule has 0 saturated heterocycles. The first kappa shape index (κ1) is 15.3. The zero-order chi connectivity index (χ0) is 15.3. The number of urea groups is 1. The molecule has 1 heterocycles. The number of rotatable bonds is 3. The Morgan fingerprint density at radius 1 is 1.33 bits per heavy atom. The molecule has 1 aromatic rings. The lowest BCUT2D eigenvalue weighted by atomic mass is 10.1. The van der Waals surface area contributed by atoms with Crippen molar-refractivity contribution in [1.29, 1.82) is 0 Å². The van der Waals surface area contributed by atoms with Gasteiger partial charge in [0.2, 0.25) is 5.89 Å². The molecule has 2 N–H and O–H groups in total. The van der Waals surface area contributed by atoms with E-state index < -0.39 is 18.0 Å². The van der Waals surface area contributed by atoms with E-state index in [9.17, 15) is 18.0 Å². The van der Waals surface area contributed by atoms with Crippen molar-refractivity contribution in [2.24, 2.45) is 0 Å². The first-order chi connectivity index (χ1) is 9.95. The highest BCUT2D eigenvalue weighted by Crippen LogP contribution is 2.26. The molecule has 0 atom stereocenters. The summed E-state index contributed by atoms with van der Waals surface area (Å²) in [5, 5.41) is 7.96. The highest BCUT2D eigenvalue weighted by Gasteiger charge is 2.37. The first-order valence-electron chi connectivity index (χ1n) is 6.54. The molecule has 0 radical (unpaired) electrons. The zero-order valence-corrected chi connectivity index (χ0v) is 11.1. The van der Waals surface area contributed by atoms with Gasteiger partial charge in [-0.1, -0.05) is 17.3 Å². The second-order valence-corrected chi connectivity index (χ2v) is 4.66. The number of allylic oxidation sites excluding steroid dienone is 2. The number of hydrogen-bond acceptors (Lipinski definition) is 4. The van der Waals surface area contributed by atoms with Crippen LogP contribution in [-0.2, 0) is 12.7 Å². The monoisotopic (exact) mass is 304 g/mol. The fraction of sp³-hybridized carbons (Fsp3) is 0.583. The highest BCUT2D eigenvalue weighted by atomic mass is 19.4. The average molecular weight is 304 g/mol. The van der Waals surface area contributed by atoms with E-state index in [2.05, 4.69) is 37.4 Å². The third-order valence-corrected chi connectivity index (χ3v) is 2.99. The van der Waals surface area contributed by atoms with Gasteiger partial charge in [-0.3, -0.25) is 0 Å². The van der Waals surface area contributed by atoms with E-state index in [1.165, 1.54) is 0 Å². The number of aromatic nitrogens is 2. The van der Waals surface area contributed by atoms with Crippen molar-refractivity contribution >= 4 is 6.03 Å². The van der Waals surface area contributed by atoms with Crippen molar-refractivity contribution in [3.05, 3.63) is 23.9 Å². The molecule has 0 aromatic carbocycles. The number of nitrogens with zero attached hydrogens (tertiary/aromatic N) is 2. The van der Waals surface area contributed by atoms with Crippen LogP contribution in [0.5, 0.6) is 0 Å². The predicted octanol–water partition coefficient (Wildman–Crippen LogP) is 2.39. The summed E-state index contributed by atoms with van der Waals surface area (Å²) in [5.41, 5.74) is 0. The molecule has 1 aliphatic carbocycles. The smallest absolute Gasteiger partial charge is 0.337 e. The minimum Gasteiger partial charge on any atom is -0.337 e. The average Bonchev–Trinajstić information content (AvgIpc) is 2.76. The van der Waals surface area contributed by atoms with E-state index in [-0.39, 0.29) is 18.5 Å². The lowest BCUT2D eigenvalue weighted by Gasteiger charge is -2.16. The van der Waals surface area contributed by atoms with Crippen LogP contribution in [0.25, 0.3) is 0 Å². The Morgan fingerprint density at radius 3 is 2.57 bits per heavy atom. The Kier molecular flexibility index (Phi) is 4.81. The summed E-state index contributed by atoms with van der Waals surface area (Å²) < 4.78 is 41.2. The number of carbonyl (C=O) groups is 1. The van der Waals surface area contributed by atoms with E-state index in [1.807, 2.05) is 0 Å². The summed E-state index contributed by atoms with van der Waals surface area (Å²) in [7, 11) is 0. The molecule has 0 fully saturated rings. The molecule has 0 bridgehead atoms. The standard InChI is InChI=1S/C12H15F3N4O2/c13-12(14,15)10-18-9(21-19-10)7-16-11(20)17-8-5-3-1-2-4-6-8/h1-2,8H,3-7H2,(H2,16,17,20). The lowest BCUT2D eigenvalue weighted by Crippen LogP contribution is -2.41. The molecule has 21 heavy (non-hydrogen) atoms. The van der Waals surface area contributed by atoms with Gasteiger partial charge in [0.05, 0.1) is 6.54 Å². The van der Waals surface area contributed by atoms with Gasteiger partial charge in [-0.05, 0) is 25.7 Å². The fourth-order valence-corrected chi connectivity index (χ4v) is 1.95. The predicted molar refractivity (Wildman–Crippen MR) is 66.1 cm³/mol.